The van der Waals surface area contributed by atoms with Gasteiger partial charge in [-0.15, -0.1) is 0 Å². The molecule has 122 valence electrons. The number of benzene rings is 1. The number of likely N-dealkylation sites (tertiary alicyclic amines) is 1. The predicted octanol–water partition coefficient (Wildman–Crippen LogP) is 0.934. The molecular weight excluding hydrogens is 296 g/mol. The van der Waals surface area contributed by atoms with Crippen LogP contribution in [0, 0.1) is 0 Å². The second-order valence-corrected chi connectivity index (χ2v) is 6.36. The quantitative estimate of drug-likeness (QED) is 0.832. The van der Waals surface area contributed by atoms with Gasteiger partial charge in [-0.25, -0.2) is 0 Å². The Hall–Kier alpha value is -1.92. The van der Waals surface area contributed by atoms with Crippen molar-refractivity contribution in [2.45, 2.75) is 30.7 Å². The van der Waals surface area contributed by atoms with Crippen molar-refractivity contribution < 1.29 is 19.1 Å². The number of carbonyl (C=O) groups excluding carboxylic acids is 2. The van der Waals surface area contributed by atoms with Gasteiger partial charge in [0.15, 0.2) is 5.72 Å². The van der Waals surface area contributed by atoms with Crippen molar-refractivity contribution in [2.24, 2.45) is 0 Å². The summed E-state index contributed by atoms with van der Waals surface area (Å²) >= 11 is 0. The molecule has 4 rings (SSSR count). The molecule has 0 aliphatic carbocycles. The molecule has 3 aliphatic heterocycles. The number of hydrogen-bond acceptors (Lipinski definition) is 4. The molecule has 0 unspecified atom stereocenters. The summed E-state index contributed by atoms with van der Waals surface area (Å²) in [7, 11) is 1.51. The SMILES string of the molecule is COCC(=O)N1CC[C@@]23O[C@H](c4ccccc4)CN2C(=O)C[C@@H]13. The van der Waals surface area contributed by atoms with Gasteiger partial charge in [0.05, 0.1) is 19.0 Å². The third kappa shape index (κ3) is 2.09. The van der Waals surface area contributed by atoms with E-state index in [4.69, 9.17) is 9.47 Å². The molecule has 1 aromatic rings. The van der Waals surface area contributed by atoms with Crippen LogP contribution in [0.1, 0.15) is 24.5 Å². The van der Waals surface area contributed by atoms with Crippen molar-refractivity contribution in [1.82, 2.24) is 9.80 Å². The third-order valence-corrected chi connectivity index (χ3v) is 5.19. The summed E-state index contributed by atoms with van der Waals surface area (Å²) in [6, 6.07) is 9.75. The molecule has 6 nitrogen and oxygen atoms in total. The van der Waals surface area contributed by atoms with Gasteiger partial charge < -0.3 is 19.3 Å². The molecule has 1 spiro atoms. The standard InChI is InChI=1S/C17H20N2O4/c1-22-11-16(21)18-8-7-17-14(18)9-15(20)19(17)10-13(23-17)12-5-3-2-4-6-12/h2-6,13-14H,7-11H2,1H3/t13-,14+,17-/m0/s1. The molecule has 2 amide bonds. The van der Waals surface area contributed by atoms with E-state index in [0.717, 1.165) is 5.56 Å². The van der Waals surface area contributed by atoms with E-state index in [1.165, 1.54) is 7.11 Å². The normalized spacial score (nSPS) is 32.3. The molecule has 6 heteroatoms. The molecule has 3 atom stereocenters. The fourth-order valence-electron chi connectivity index (χ4n) is 4.17. The highest BCUT2D eigenvalue weighted by molar-refractivity contribution is 5.85. The zero-order chi connectivity index (χ0) is 16.0. The second-order valence-electron chi connectivity index (χ2n) is 6.36. The summed E-state index contributed by atoms with van der Waals surface area (Å²) in [4.78, 5) is 28.3. The Balaban J connectivity index is 1.61. The van der Waals surface area contributed by atoms with Crippen LogP contribution in [0.5, 0.6) is 0 Å². The van der Waals surface area contributed by atoms with E-state index < -0.39 is 5.72 Å². The van der Waals surface area contributed by atoms with Crippen LogP contribution in [-0.2, 0) is 19.1 Å². The van der Waals surface area contributed by atoms with E-state index in [0.29, 0.717) is 25.9 Å². The largest absolute Gasteiger partial charge is 0.375 e. The summed E-state index contributed by atoms with van der Waals surface area (Å²) in [5.74, 6) is -0.000802. The van der Waals surface area contributed by atoms with E-state index in [1.54, 1.807) is 4.90 Å². The van der Waals surface area contributed by atoms with Gasteiger partial charge in [0, 0.05) is 20.1 Å². The number of carbonyl (C=O) groups is 2. The number of hydrogen-bond donors (Lipinski definition) is 0. The van der Waals surface area contributed by atoms with Crippen LogP contribution in [0.3, 0.4) is 0 Å². The van der Waals surface area contributed by atoms with Gasteiger partial charge in [-0.2, -0.15) is 0 Å². The molecular formula is C17H20N2O4. The minimum Gasteiger partial charge on any atom is -0.375 e. The number of nitrogens with zero attached hydrogens (tertiary/aromatic N) is 2. The maximum Gasteiger partial charge on any atom is 0.248 e. The average Bonchev–Trinajstić information content (AvgIpc) is 3.17. The van der Waals surface area contributed by atoms with Gasteiger partial charge in [-0.05, 0) is 5.56 Å². The lowest BCUT2D eigenvalue weighted by molar-refractivity contribution is -0.144. The third-order valence-electron chi connectivity index (χ3n) is 5.19. The average molecular weight is 316 g/mol. The lowest BCUT2D eigenvalue weighted by Gasteiger charge is -2.31. The Kier molecular flexibility index (Phi) is 3.39. The van der Waals surface area contributed by atoms with E-state index in [-0.39, 0.29) is 30.6 Å². The number of ether oxygens (including phenoxy) is 2. The van der Waals surface area contributed by atoms with Gasteiger partial charge in [-0.3, -0.25) is 9.59 Å². The molecule has 3 heterocycles. The summed E-state index contributed by atoms with van der Waals surface area (Å²) < 4.78 is 11.3. The predicted molar refractivity (Wildman–Crippen MR) is 81.3 cm³/mol. The van der Waals surface area contributed by atoms with Crippen LogP contribution in [-0.4, -0.2) is 60.2 Å². The van der Waals surface area contributed by atoms with Crippen LogP contribution < -0.4 is 0 Å². The van der Waals surface area contributed by atoms with Crippen LogP contribution in [0.25, 0.3) is 0 Å². The van der Waals surface area contributed by atoms with Gasteiger partial charge in [-0.1, -0.05) is 30.3 Å². The van der Waals surface area contributed by atoms with Crippen molar-refractivity contribution >= 4 is 11.8 Å². The summed E-state index contributed by atoms with van der Waals surface area (Å²) in [6.45, 7) is 1.21. The summed E-state index contributed by atoms with van der Waals surface area (Å²) in [6.07, 6.45) is 0.888. The minimum atomic E-state index is -0.652. The molecule has 3 aliphatic rings. The number of methoxy groups -OCH3 is 1. The molecule has 3 saturated heterocycles. The Morgan fingerprint density at radius 3 is 2.91 bits per heavy atom. The molecule has 0 bridgehead atoms. The Morgan fingerprint density at radius 1 is 1.39 bits per heavy atom. The van der Waals surface area contributed by atoms with Crippen molar-refractivity contribution in [2.75, 3.05) is 26.8 Å². The number of amides is 2. The maximum absolute atomic E-state index is 12.4. The van der Waals surface area contributed by atoms with Crippen molar-refractivity contribution in [1.29, 1.82) is 0 Å². The maximum atomic E-state index is 12.4. The van der Waals surface area contributed by atoms with Crippen LogP contribution in [0.4, 0.5) is 0 Å². The van der Waals surface area contributed by atoms with Gasteiger partial charge in [0.1, 0.15) is 12.7 Å². The van der Waals surface area contributed by atoms with E-state index in [1.807, 2.05) is 35.2 Å². The molecule has 3 fully saturated rings. The Labute approximate surface area is 134 Å². The van der Waals surface area contributed by atoms with Crippen molar-refractivity contribution in [3.05, 3.63) is 35.9 Å². The van der Waals surface area contributed by atoms with E-state index in [9.17, 15) is 9.59 Å². The fourth-order valence-corrected chi connectivity index (χ4v) is 4.17. The smallest absolute Gasteiger partial charge is 0.248 e. The van der Waals surface area contributed by atoms with Crippen molar-refractivity contribution in [3.63, 3.8) is 0 Å². The van der Waals surface area contributed by atoms with Gasteiger partial charge in [0.25, 0.3) is 0 Å². The summed E-state index contributed by atoms with van der Waals surface area (Å²) in [5, 5.41) is 0. The van der Waals surface area contributed by atoms with Gasteiger partial charge >= 0.3 is 0 Å². The topological polar surface area (TPSA) is 59.1 Å². The van der Waals surface area contributed by atoms with Crippen LogP contribution in [0.2, 0.25) is 0 Å². The highest BCUT2D eigenvalue weighted by Gasteiger charge is 2.64. The Bertz CT molecular complexity index is 635. The number of rotatable bonds is 3. The lowest BCUT2D eigenvalue weighted by atomic mass is 10.1. The highest BCUT2D eigenvalue weighted by atomic mass is 16.5. The molecule has 0 aromatic heterocycles. The first kappa shape index (κ1) is 14.7. The van der Waals surface area contributed by atoms with Crippen LogP contribution in [0.15, 0.2) is 30.3 Å². The lowest BCUT2D eigenvalue weighted by Crippen LogP contribution is -2.49. The first-order valence-corrected chi connectivity index (χ1v) is 7.97. The molecule has 0 saturated carbocycles. The highest BCUT2D eigenvalue weighted by Crippen LogP contribution is 2.50. The first-order valence-electron chi connectivity index (χ1n) is 7.97. The van der Waals surface area contributed by atoms with E-state index in [2.05, 4.69) is 0 Å². The molecule has 1 aromatic carbocycles. The monoisotopic (exact) mass is 316 g/mol. The molecule has 23 heavy (non-hydrogen) atoms. The fraction of sp³-hybridized carbons (Fsp3) is 0.529. The zero-order valence-corrected chi connectivity index (χ0v) is 13.1. The van der Waals surface area contributed by atoms with Crippen molar-refractivity contribution in [3.8, 4) is 0 Å². The first-order chi connectivity index (χ1) is 11.2. The second kappa shape index (κ2) is 5.32. The van der Waals surface area contributed by atoms with Crippen LogP contribution >= 0.6 is 0 Å². The molecule has 0 N–H and O–H groups in total. The zero-order valence-electron chi connectivity index (χ0n) is 13.1. The summed E-state index contributed by atoms with van der Waals surface area (Å²) in [5.41, 5.74) is 0.422. The van der Waals surface area contributed by atoms with Gasteiger partial charge in [0.2, 0.25) is 11.8 Å². The molecule has 0 radical (unpaired) electrons. The Morgan fingerprint density at radius 2 is 2.17 bits per heavy atom. The minimum absolute atomic E-state index is 0.0445. The van der Waals surface area contributed by atoms with E-state index >= 15 is 0 Å².